The smallest absolute Gasteiger partial charge is 0.346 e. The Kier molecular flexibility index (Phi) is 5.81. The predicted octanol–water partition coefficient (Wildman–Crippen LogP) is 5.64. The van der Waals surface area contributed by atoms with Crippen LogP contribution in [0.3, 0.4) is 0 Å². The number of halogens is 2. The molecule has 0 radical (unpaired) electrons. The minimum atomic E-state index is -0.791. The van der Waals surface area contributed by atoms with Crippen molar-refractivity contribution in [2.75, 3.05) is 6.61 Å². The van der Waals surface area contributed by atoms with Gasteiger partial charge in [-0.15, -0.1) is 0 Å². The lowest BCUT2D eigenvalue weighted by atomic mass is 10.0. The van der Waals surface area contributed by atoms with E-state index in [0.717, 1.165) is 6.42 Å². The number of hydrogen-bond acceptors (Lipinski definition) is 3. The van der Waals surface area contributed by atoms with Crippen LogP contribution in [0.2, 0.25) is 0 Å². The van der Waals surface area contributed by atoms with Crippen LogP contribution in [0.15, 0.2) is 66.7 Å². The van der Waals surface area contributed by atoms with E-state index in [0.29, 0.717) is 29.2 Å². The fraction of sp³-hybridized carbons (Fsp3) is 0.136. The first-order valence-electron chi connectivity index (χ1n) is 8.57. The Hall–Kier alpha value is -3.21. The second-order valence-corrected chi connectivity index (χ2v) is 5.91. The molecule has 138 valence electrons. The summed E-state index contributed by atoms with van der Waals surface area (Å²) in [6, 6.07) is 16.4. The van der Waals surface area contributed by atoms with Crippen LogP contribution in [0.5, 0.6) is 11.5 Å². The molecule has 0 aliphatic carbocycles. The number of carbonyl (C=O) groups excluding carboxylic acids is 1. The Morgan fingerprint density at radius 1 is 0.852 bits per heavy atom. The Morgan fingerprint density at radius 2 is 1.48 bits per heavy atom. The zero-order valence-electron chi connectivity index (χ0n) is 14.7. The normalized spacial score (nSPS) is 10.5. The third-order valence-electron chi connectivity index (χ3n) is 3.87. The van der Waals surface area contributed by atoms with Gasteiger partial charge in [-0.2, -0.15) is 0 Å². The summed E-state index contributed by atoms with van der Waals surface area (Å²) in [7, 11) is 0. The van der Waals surface area contributed by atoms with Crippen molar-refractivity contribution in [1.82, 2.24) is 0 Å². The van der Waals surface area contributed by atoms with Gasteiger partial charge in [0.2, 0.25) is 0 Å². The van der Waals surface area contributed by atoms with Gasteiger partial charge in [-0.25, -0.2) is 13.6 Å². The molecule has 0 aliphatic heterocycles. The topological polar surface area (TPSA) is 35.5 Å². The summed E-state index contributed by atoms with van der Waals surface area (Å²) < 4.78 is 38.1. The number of rotatable bonds is 6. The first-order valence-corrected chi connectivity index (χ1v) is 8.57. The van der Waals surface area contributed by atoms with Gasteiger partial charge in [0.05, 0.1) is 12.2 Å². The Bertz CT molecular complexity index is 919. The molecule has 0 atom stereocenters. The number of esters is 1. The summed E-state index contributed by atoms with van der Waals surface area (Å²) in [5, 5.41) is 0. The fourth-order valence-electron chi connectivity index (χ4n) is 2.49. The van der Waals surface area contributed by atoms with E-state index in [1.807, 2.05) is 6.92 Å². The maximum absolute atomic E-state index is 14.4. The standard InChI is InChI=1S/C22H18F2O3/c1-2-13-26-18-8-10-19(11-9-18)27-22(25)20-12-5-16(14-21(20)24)15-3-6-17(23)7-4-15/h3-12,14H,2,13H2,1H3. The Balaban J connectivity index is 1.72. The molecule has 27 heavy (non-hydrogen) atoms. The molecule has 0 N–H and O–H groups in total. The van der Waals surface area contributed by atoms with Crippen LogP contribution >= 0.6 is 0 Å². The summed E-state index contributed by atoms with van der Waals surface area (Å²) in [6.07, 6.45) is 0.893. The van der Waals surface area contributed by atoms with E-state index in [1.165, 1.54) is 24.3 Å². The number of carbonyl (C=O) groups is 1. The van der Waals surface area contributed by atoms with Crippen molar-refractivity contribution in [3.63, 3.8) is 0 Å². The lowest BCUT2D eigenvalue weighted by molar-refractivity contribution is 0.0730. The van der Waals surface area contributed by atoms with Crippen LogP contribution in [0, 0.1) is 11.6 Å². The van der Waals surface area contributed by atoms with E-state index in [4.69, 9.17) is 9.47 Å². The van der Waals surface area contributed by atoms with Gasteiger partial charge < -0.3 is 9.47 Å². The summed E-state index contributed by atoms with van der Waals surface area (Å²) >= 11 is 0. The van der Waals surface area contributed by atoms with Gasteiger partial charge in [-0.1, -0.05) is 25.1 Å². The third kappa shape index (κ3) is 4.70. The summed E-state index contributed by atoms with van der Waals surface area (Å²) in [4.78, 5) is 12.2. The van der Waals surface area contributed by atoms with Crippen molar-refractivity contribution in [2.24, 2.45) is 0 Å². The van der Waals surface area contributed by atoms with Crippen molar-refractivity contribution in [3.8, 4) is 22.6 Å². The van der Waals surface area contributed by atoms with E-state index in [9.17, 15) is 13.6 Å². The molecule has 0 bridgehead atoms. The zero-order chi connectivity index (χ0) is 19.2. The van der Waals surface area contributed by atoms with Gasteiger partial charge in [-0.3, -0.25) is 0 Å². The molecule has 0 aromatic heterocycles. The second-order valence-electron chi connectivity index (χ2n) is 5.91. The molecule has 3 nitrogen and oxygen atoms in total. The highest BCUT2D eigenvalue weighted by Crippen LogP contribution is 2.24. The third-order valence-corrected chi connectivity index (χ3v) is 3.87. The minimum absolute atomic E-state index is 0.174. The second kappa shape index (κ2) is 8.45. The van der Waals surface area contributed by atoms with Crippen molar-refractivity contribution in [3.05, 3.63) is 83.9 Å². The molecule has 0 saturated carbocycles. The quantitative estimate of drug-likeness (QED) is 0.417. The van der Waals surface area contributed by atoms with Gasteiger partial charge in [0.15, 0.2) is 0 Å². The fourth-order valence-corrected chi connectivity index (χ4v) is 2.49. The van der Waals surface area contributed by atoms with Gasteiger partial charge in [0.1, 0.15) is 23.1 Å². The first-order chi connectivity index (χ1) is 13.1. The maximum atomic E-state index is 14.4. The molecule has 5 heteroatoms. The van der Waals surface area contributed by atoms with E-state index in [2.05, 4.69) is 0 Å². The largest absolute Gasteiger partial charge is 0.494 e. The van der Waals surface area contributed by atoms with Gasteiger partial charge in [-0.05, 0) is 66.1 Å². The average Bonchev–Trinajstić information content (AvgIpc) is 2.68. The van der Waals surface area contributed by atoms with Crippen molar-refractivity contribution in [2.45, 2.75) is 13.3 Å². The van der Waals surface area contributed by atoms with Crippen LogP contribution in [0.4, 0.5) is 8.78 Å². The van der Waals surface area contributed by atoms with Gasteiger partial charge >= 0.3 is 5.97 Å². The van der Waals surface area contributed by atoms with Crippen LogP contribution in [0.1, 0.15) is 23.7 Å². The van der Waals surface area contributed by atoms with Gasteiger partial charge in [0.25, 0.3) is 0 Å². The molecule has 0 heterocycles. The minimum Gasteiger partial charge on any atom is -0.494 e. The highest BCUT2D eigenvalue weighted by molar-refractivity contribution is 5.92. The number of ether oxygens (including phenoxy) is 2. The lowest BCUT2D eigenvalue weighted by Gasteiger charge is -2.08. The lowest BCUT2D eigenvalue weighted by Crippen LogP contribution is -2.10. The van der Waals surface area contributed by atoms with Crippen molar-refractivity contribution in [1.29, 1.82) is 0 Å². The highest BCUT2D eigenvalue weighted by Gasteiger charge is 2.15. The van der Waals surface area contributed by atoms with Crippen LogP contribution < -0.4 is 9.47 Å². The average molecular weight is 368 g/mol. The maximum Gasteiger partial charge on any atom is 0.346 e. The molecule has 0 unspecified atom stereocenters. The molecule has 3 aromatic rings. The molecule has 0 fully saturated rings. The molecular weight excluding hydrogens is 350 g/mol. The van der Waals surface area contributed by atoms with E-state index in [1.54, 1.807) is 42.5 Å². The summed E-state index contributed by atoms with van der Waals surface area (Å²) in [5.74, 6) is -0.895. The molecule has 0 amide bonds. The highest BCUT2D eigenvalue weighted by atomic mass is 19.1. The van der Waals surface area contributed by atoms with E-state index in [-0.39, 0.29) is 11.4 Å². The Morgan fingerprint density at radius 3 is 2.11 bits per heavy atom. The van der Waals surface area contributed by atoms with Crippen molar-refractivity contribution >= 4 is 5.97 Å². The molecule has 0 spiro atoms. The molecule has 0 saturated heterocycles. The summed E-state index contributed by atoms with van der Waals surface area (Å²) in [5.41, 5.74) is 1.02. The monoisotopic (exact) mass is 368 g/mol. The molecule has 3 rings (SSSR count). The summed E-state index contributed by atoms with van der Waals surface area (Å²) in [6.45, 7) is 2.61. The number of hydrogen-bond donors (Lipinski definition) is 0. The Labute approximate surface area is 156 Å². The molecular formula is C22H18F2O3. The van der Waals surface area contributed by atoms with E-state index >= 15 is 0 Å². The van der Waals surface area contributed by atoms with Crippen LogP contribution in [0.25, 0.3) is 11.1 Å². The number of benzene rings is 3. The predicted molar refractivity (Wildman–Crippen MR) is 99.0 cm³/mol. The van der Waals surface area contributed by atoms with Crippen molar-refractivity contribution < 1.29 is 23.0 Å². The first kappa shape index (κ1) is 18.6. The zero-order valence-corrected chi connectivity index (χ0v) is 14.7. The van der Waals surface area contributed by atoms with Crippen LogP contribution in [-0.2, 0) is 0 Å². The SMILES string of the molecule is CCCOc1ccc(OC(=O)c2ccc(-c3ccc(F)cc3)cc2F)cc1. The molecule has 0 aliphatic rings. The van der Waals surface area contributed by atoms with E-state index < -0.39 is 11.8 Å². The van der Waals surface area contributed by atoms with Crippen LogP contribution in [-0.4, -0.2) is 12.6 Å². The van der Waals surface area contributed by atoms with Gasteiger partial charge in [0, 0.05) is 0 Å². The molecule has 3 aromatic carbocycles.